The number of amides is 1. The second kappa shape index (κ2) is 6.78. The van der Waals surface area contributed by atoms with Gasteiger partial charge < -0.3 is 9.64 Å². The number of hydrogen-bond donors (Lipinski definition) is 0. The second-order valence-electron chi connectivity index (χ2n) is 5.25. The third-order valence-corrected chi connectivity index (χ3v) is 6.43. The second-order valence-corrected chi connectivity index (χ2v) is 8.39. The number of rotatable bonds is 5. The molecule has 0 radical (unpaired) electrons. The Morgan fingerprint density at radius 1 is 1.45 bits per heavy atom. The van der Waals surface area contributed by atoms with Crippen molar-refractivity contribution in [1.29, 1.82) is 0 Å². The van der Waals surface area contributed by atoms with Gasteiger partial charge in [0.25, 0.3) is 5.91 Å². The Kier molecular flexibility index (Phi) is 5.23. The van der Waals surface area contributed by atoms with Crippen LogP contribution in [0.1, 0.15) is 28.6 Å². The van der Waals surface area contributed by atoms with Gasteiger partial charge in [0.2, 0.25) is 0 Å². The molecule has 1 unspecified atom stereocenters. The lowest BCUT2D eigenvalue weighted by Crippen LogP contribution is -2.43. The Labute approximate surface area is 134 Å². The first-order valence-electron chi connectivity index (χ1n) is 7.05. The molecule has 122 valence electrons. The average molecular weight is 345 g/mol. The van der Waals surface area contributed by atoms with Gasteiger partial charge in [-0.15, -0.1) is 11.3 Å². The van der Waals surface area contributed by atoms with E-state index in [0.29, 0.717) is 17.8 Å². The molecule has 0 aromatic carbocycles. The number of carbonyl (C=O) groups excluding carboxylic acids is 2. The molecule has 1 aromatic heterocycles. The highest BCUT2D eigenvalue weighted by Crippen LogP contribution is 2.19. The Hall–Kier alpha value is -1.41. The molecule has 8 heteroatoms. The first kappa shape index (κ1) is 17.0. The minimum Gasteiger partial charge on any atom is -0.451 e. The zero-order valence-electron chi connectivity index (χ0n) is 12.6. The highest BCUT2D eigenvalue weighted by molar-refractivity contribution is 7.91. The van der Waals surface area contributed by atoms with Crippen molar-refractivity contribution >= 4 is 33.1 Å². The molecule has 1 aliphatic rings. The smallest absolute Gasteiger partial charge is 0.349 e. The summed E-state index contributed by atoms with van der Waals surface area (Å²) in [5.41, 5.74) is 0.816. The van der Waals surface area contributed by atoms with E-state index in [4.69, 9.17) is 4.74 Å². The van der Waals surface area contributed by atoms with Gasteiger partial charge in [-0.05, 0) is 37.3 Å². The standard InChI is InChI=1S/C14H19NO5S2/c1-3-15(11-5-7-22(18,19)9-11)12(16)8-20-14(17)13-10(2)4-6-21-13/h4,6,11H,3,5,7-9H2,1-2H3. The fourth-order valence-electron chi connectivity index (χ4n) is 2.52. The van der Waals surface area contributed by atoms with Gasteiger partial charge in [0.15, 0.2) is 16.4 Å². The molecule has 22 heavy (non-hydrogen) atoms. The van der Waals surface area contributed by atoms with Crippen LogP contribution >= 0.6 is 11.3 Å². The van der Waals surface area contributed by atoms with E-state index < -0.39 is 15.8 Å². The van der Waals surface area contributed by atoms with E-state index in [1.807, 2.05) is 6.07 Å². The maximum Gasteiger partial charge on any atom is 0.349 e. The summed E-state index contributed by atoms with van der Waals surface area (Å²) in [6.45, 7) is 3.62. The SMILES string of the molecule is CCN(C(=O)COC(=O)c1sccc1C)C1CCS(=O)(=O)C1. The van der Waals surface area contributed by atoms with E-state index in [9.17, 15) is 18.0 Å². The lowest BCUT2D eigenvalue weighted by molar-refractivity contribution is -0.136. The molecular formula is C14H19NO5S2. The Bertz CT molecular complexity index is 665. The molecule has 0 bridgehead atoms. The summed E-state index contributed by atoms with van der Waals surface area (Å²) in [7, 11) is -3.06. The average Bonchev–Trinajstić information content (AvgIpc) is 3.03. The minimum absolute atomic E-state index is 0.00937. The van der Waals surface area contributed by atoms with Gasteiger partial charge in [0.05, 0.1) is 11.5 Å². The molecule has 2 rings (SSSR count). The molecule has 1 atom stereocenters. The summed E-state index contributed by atoms with van der Waals surface area (Å²) in [5, 5.41) is 1.79. The third kappa shape index (κ3) is 3.86. The van der Waals surface area contributed by atoms with Crippen LogP contribution in [0.15, 0.2) is 11.4 Å². The normalized spacial score (nSPS) is 19.8. The summed E-state index contributed by atoms with van der Waals surface area (Å²) < 4.78 is 28.1. The molecule has 0 aliphatic carbocycles. The minimum atomic E-state index is -3.06. The maximum absolute atomic E-state index is 12.2. The topological polar surface area (TPSA) is 80.8 Å². The highest BCUT2D eigenvalue weighted by Gasteiger charge is 2.34. The quantitative estimate of drug-likeness (QED) is 0.750. The van der Waals surface area contributed by atoms with Crippen LogP contribution in [0.2, 0.25) is 0 Å². The summed E-state index contributed by atoms with van der Waals surface area (Å²) in [6.07, 6.45) is 0.444. The van der Waals surface area contributed by atoms with Gasteiger partial charge in [0, 0.05) is 12.6 Å². The molecule has 0 spiro atoms. The highest BCUT2D eigenvalue weighted by atomic mass is 32.2. The van der Waals surface area contributed by atoms with Crippen molar-refractivity contribution in [2.75, 3.05) is 24.7 Å². The maximum atomic E-state index is 12.2. The van der Waals surface area contributed by atoms with Crippen molar-refractivity contribution in [1.82, 2.24) is 4.90 Å². The summed E-state index contributed by atoms with van der Waals surface area (Å²) in [5.74, 6) is -0.775. The monoisotopic (exact) mass is 345 g/mol. The fourth-order valence-corrected chi connectivity index (χ4v) is 5.07. The zero-order chi connectivity index (χ0) is 16.3. The Morgan fingerprint density at radius 3 is 2.68 bits per heavy atom. The van der Waals surface area contributed by atoms with E-state index in [-0.39, 0.29) is 30.1 Å². The van der Waals surface area contributed by atoms with Gasteiger partial charge >= 0.3 is 5.97 Å². The summed E-state index contributed by atoms with van der Waals surface area (Å²) in [6, 6.07) is 1.50. The van der Waals surface area contributed by atoms with Crippen LogP contribution in [-0.2, 0) is 19.4 Å². The number of sulfone groups is 1. The number of ether oxygens (including phenoxy) is 1. The van der Waals surface area contributed by atoms with Crippen molar-refractivity contribution in [3.63, 3.8) is 0 Å². The van der Waals surface area contributed by atoms with E-state index in [1.54, 1.807) is 19.2 Å². The largest absolute Gasteiger partial charge is 0.451 e. The summed E-state index contributed by atoms with van der Waals surface area (Å²) in [4.78, 5) is 26.0. The third-order valence-electron chi connectivity index (χ3n) is 3.68. The molecule has 1 fully saturated rings. The van der Waals surface area contributed by atoms with Gasteiger partial charge in [-0.25, -0.2) is 13.2 Å². The van der Waals surface area contributed by atoms with Crippen molar-refractivity contribution < 1.29 is 22.7 Å². The number of esters is 1. The van der Waals surface area contributed by atoms with Crippen molar-refractivity contribution in [3.8, 4) is 0 Å². The van der Waals surface area contributed by atoms with E-state index >= 15 is 0 Å². The lowest BCUT2D eigenvalue weighted by atomic mass is 10.2. The van der Waals surface area contributed by atoms with Crippen molar-refractivity contribution in [3.05, 3.63) is 21.9 Å². The van der Waals surface area contributed by atoms with E-state index in [2.05, 4.69) is 0 Å². The van der Waals surface area contributed by atoms with Crippen LogP contribution in [0.5, 0.6) is 0 Å². The van der Waals surface area contributed by atoms with Crippen molar-refractivity contribution in [2.45, 2.75) is 26.3 Å². The molecule has 0 N–H and O–H groups in total. The first-order valence-corrected chi connectivity index (χ1v) is 9.75. The fraction of sp³-hybridized carbons (Fsp3) is 0.571. The van der Waals surface area contributed by atoms with Crippen LogP contribution in [0, 0.1) is 6.92 Å². The van der Waals surface area contributed by atoms with Crippen LogP contribution in [0.3, 0.4) is 0 Å². The summed E-state index contributed by atoms with van der Waals surface area (Å²) >= 11 is 1.27. The van der Waals surface area contributed by atoms with Crippen LogP contribution in [-0.4, -0.2) is 55.9 Å². The van der Waals surface area contributed by atoms with Crippen molar-refractivity contribution in [2.24, 2.45) is 0 Å². The lowest BCUT2D eigenvalue weighted by Gasteiger charge is -2.26. The number of likely N-dealkylation sites (N-methyl/N-ethyl adjacent to an activating group) is 1. The van der Waals surface area contributed by atoms with E-state index in [0.717, 1.165) is 5.56 Å². The molecule has 2 heterocycles. The molecule has 1 amide bonds. The predicted octanol–water partition coefficient (Wildman–Crippen LogP) is 1.25. The van der Waals surface area contributed by atoms with Gasteiger partial charge in [-0.3, -0.25) is 4.79 Å². The number of carbonyl (C=O) groups is 2. The molecule has 0 saturated carbocycles. The van der Waals surface area contributed by atoms with Crippen LogP contribution in [0.25, 0.3) is 0 Å². The van der Waals surface area contributed by atoms with Gasteiger partial charge in [-0.2, -0.15) is 0 Å². The van der Waals surface area contributed by atoms with Gasteiger partial charge in [-0.1, -0.05) is 0 Å². The molecular weight excluding hydrogens is 326 g/mol. The number of thiophene rings is 1. The molecule has 6 nitrogen and oxygen atoms in total. The number of hydrogen-bond acceptors (Lipinski definition) is 6. The molecule has 1 saturated heterocycles. The van der Waals surface area contributed by atoms with Crippen LogP contribution < -0.4 is 0 Å². The number of nitrogens with zero attached hydrogens (tertiary/aromatic N) is 1. The number of aryl methyl sites for hydroxylation is 1. The molecule has 1 aromatic rings. The molecule has 1 aliphatic heterocycles. The predicted molar refractivity (Wildman–Crippen MR) is 83.8 cm³/mol. The van der Waals surface area contributed by atoms with Crippen LogP contribution in [0.4, 0.5) is 0 Å². The van der Waals surface area contributed by atoms with E-state index in [1.165, 1.54) is 16.2 Å². The first-order chi connectivity index (χ1) is 10.3. The Balaban J connectivity index is 1.93. The zero-order valence-corrected chi connectivity index (χ0v) is 14.2. The van der Waals surface area contributed by atoms with Gasteiger partial charge in [0.1, 0.15) is 4.88 Å². The Morgan fingerprint density at radius 2 is 2.18 bits per heavy atom.